The predicted molar refractivity (Wildman–Crippen MR) is 58.8 cm³/mol. The Morgan fingerprint density at radius 1 is 1.00 bits per heavy atom. The number of aryl methyl sites for hydroxylation is 1. The quantitative estimate of drug-likeness (QED) is 0.741. The third-order valence-corrected chi connectivity index (χ3v) is 2.29. The smallest absolute Gasteiger partial charge is 0.116 e. The van der Waals surface area contributed by atoms with Crippen molar-refractivity contribution in [3.05, 3.63) is 48.0 Å². The second-order valence-electron chi connectivity index (χ2n) is 3.46. The van der Waals surface area contributed by atoms with E-state index >= 15 is 0 Å². The first-order valence-electron chi connectivity index (χ1n) is 4.67. The number of benzene rings is 2. The van der Waals surface area contributed by atoms with Crippen LogP contribution in [0.1, 0.15) is 5.56 Å². The number of rotatable bonds is 1. The highest BCUT2D eigenvalue weighted by atomic mass is 16.3. The largest absolute Gasteiger partial charge is 0.508 e. The summed E-state index contributed by atoms with van der Waals surface area (Å²) in [5.74, 6) is 0.465. The van der Waals surface area contributed by atoms with Crippen LogP contribution in [0.5, 0.6) is 11.5 Å². The van der Waals surface area contributed by atoms with Gasteiger partial charge in [0.2, 0.25) is 0 Å². The summed E-state index contributed by atoms with van der Waals surface area (Å²) >= 11 is 0. The maximum Gasteiger partial charge on any atom is 0.116 e. The molecule has 2 aromatic carbocycles. The average Bonchev–Trinajstić information content (AvgIpc) is 2.17. The number of aromatic hydroxyl groups is 2. The van der Waals surface area contributed by atoms with Crippen LogP contribution in [-0.4, -0.2) is 10.2 Å². The lowest BCUT2D eigenvalue weighted by atomic mass is 10.0. The van der Waals surface area contributed by atoms with Gasteiger partial charge in [0.25, 0.3) is 0 Å². The molecular weight excluding hydrogens is 188 g/mol. The molecule has 15 heavy (non-hydrogen) atoms. The van der Waals surface area contributed by atoms with Crippen LogP contribution < -0.4 is 0 Å². The molecule has 0 bridgehead atoms. The SMILES string of the molecule is Cc1cc(O)ccc1-c1[c]ccc(O)c1. The molecule has 0 aliphatic rings. The van der Waals surface area contributed by atoms with Gasteiger partial charge in [-0.15, -0.1) is 0 Å². The minimum atomic E-state index is 0.219. The van der Waals surface area contributed by atoms with E-state index in [0.29, 0.717) is 0 Å². The molecule has 2 heteroatoms. The molecule has 0 amide bonds. The Bertz CT molecular complexity index is 490. The van der Waals surface area contributed by atoms with E-state index in [2.05, 4.69) is 6.07 Å². The maximum absolute atomic E-state index is 9.35. The van der Waals surface area contributed by atoms with Crippen LogP contribution in [0, 0.1) is 13.0 Å². The van der Waals surface area contributed by atoms with Crippen molar-refractivity contribution >= 4 is 0 Å². The molecule has 2 nitrogen and oxygen atoms in total. The lowest BCUT2D eigenvalue weighted by Gasteiger charge is -2.06. The minimum absolute atomic E-state index is 0.219. The Balaban J connectivity index is 2.54. The van der Waals surface area contributed by atoms with Gasteiger partial charge in [0, 0.05) is 0 Å². The molecule has 2 N–H and O–H groups in total. The minimum Gasteiger partial charge on any atom is -0.508 e. The highest BCUT2D eigenvalue weighted by Crippen LogP contribution is 2.27. The lowest BCUT2D eigenvalue weighted by Crippen LogP contribution is -1.82. The molecule has 0 saturated heterocycles. The summed E-state index contributed by atoms with van der Waals surface area (Å²) in [6.45, 7) is 1.91. The summed E-state index contributed by atoms with van der Waals surface area (Å²) in [4.78, 5) is 0. The van der Waals surface area contributed by atoms with Crippen molar-refractivity contribution in [1.29, 1.82) is 0 Å². The van der Waals surface area contributed by atoms with Gasteiger partial charge in [-0.3, -0.25) is 0 Å². The molecule has 2 aromatic rings. The van der Waals surface area contributed by atoms with E-state index in [4.69, 9.17) is 0 Å². The molecule has 0 saturated carbocycles. The van der Waals surface area contributed by atoms with E-state index in [0.717, 1.165) is 16.7 Å². The summed E-state index contributed by atoms with van der Waals surface area (Å²) in [7, 11) is 0. The van der Waals surface area contributed by atoms with E-state index < -0.39 is 0 Å². The molecule has 1 radical (unpaired) electrons. The van der Waals surface area contributed by atoms with Gasteiger partial charge >= 0.3 is 0 Å². The third-order valence-electron chi connectivity index (χ3n) is 2.29. The van der Waals surface area contributed by atoms with Crippen molar-refractivity contribution in [1.82, 2.24) is 0 Å². The van der Waals surface area contributed by atoms with Crippen LogP contribution in [0.4, 0.5) is 0 Å². The summed E-state index contributed by atoms with van der Waals surface area (Å²) in [6.07, 6.45) is 0. The second kappa shape index (κ2) is 3.65. The van der Waals surface area contributed by atoms with Gasteiger partial charge in [0.05, 0.1) is 0 Å². The van der Waals surface area contributed by atoms with Gasteiger partial charge < -0.3 is 10.2 Å². The molecule has 0 aromatic heterocycles. The number of phenols is 2. The lowest BCUT2D eigenvalue weighted by molar-refractivity contribution is 0.475. The maximum atomic E-state index is 9.35. The van der Waals surface area contributed by atoms with E-state index in [1.54, 1.807) is 30.3 Å². The van der Waals surface area contributed by atoms with Crippen LogP contribution in [-0.2, 0) is 0 Å². The van der Waals surface area contributed by atoms with Crippen LogP contribution in [0.15, 0.2) is 36.4 Å². The first-order valence-corrected chi connectivity index (χ1v) is 4.67. The van der Waals surface area contributed by atoms with E-state index in [1.165, 1.54) is 0 Å². The highest BCUT2D eigenvalue weighted by Gasteiger charge is 2.03. The zero-order valence-corrected chi connectivity index (χ0v) is 8.36. The normalized spacial score (nSPS) is 10.2. The Labute approximate surface area is 88.4 Å². The van der Waals surface area contributed by atoms with Crippen LogP contribution in [0.2, 0.25) is 0 Å². The van der Waals surface area contributed by atoms with Crippen LogP contribution >= 0.6 is 0 Å². The molecule has 2 rings (SSSR count). The van der Waals surface area contributed by atoms with Gasteiger partial charge in [0.1, 0.15) is 11.5 Å². The van der Waals surface area contributed by atoms with Crippen molar-refractivity contribution in [2.75, 3.05) is 0 Å². The van der Waals surface area contributed by atoms with Crippen molar-refractivity contribution < 1.29 is 10.2 Å². The topological polar surface area (TPSA) is 40.5 Å². The Morgan fingerprint density at radius 2 is 1.73 bits per heavy atom. The Morgan fingerprint density at radius 3 is 2.40 bits per heavy atom. The van der Waals surface area contributed by atoms with Gasteiger partial charge in [0.15, 0.2) is 0 Å². The molecule has 0 heterocycles. The summed E-state index contributed by atoms with van der Waals surface area (Å²) in [5, 5.41) is 18.6. The van der Waals surface area contributed by atoms with Crippen molar-refractivity contribution in [2.24, 2.45) is 0 Å². The van der Waals surface area contributed by atoms with E-state index in [-0.39, 0.29) is 11.5 Å². The fraction of sp³-hybridized carbons (Fsp3) is 0.0769. The van der Waals surface area contributed by atoms with Gasteiger partial charge in [-0.05, 0) is 53.9 Å². The Kier molecular flexibility index (Phi) is 2.34. The van der Waals surface area contributed by atoms with Crippen molar-refractivity contribution in [3.63, 3.8) is 0 Å². The standard InChI is InChI=1S/C13H11O2/c1-9-7-12(15)5-6-13(9)10-3-2-4-11(14)8-10/h2,4-8,14-15H,1H3. The highest BCUT2D eigenvalue weighted by molar-refractivity contribution is 5.68. The molecule has 0 aliphatic heterocycles. The van der Waals surface area contributed by atoms with Crippen LogP contribution in [0.25, 0.3) is 11.1 Å². The van der Waals surface area contributed by atoms with E-state index in [9.17, 15) is 10.2 Å². The molecule has 0 spiro atoms. The monoisotopic (exact) mass is 199 g/mol. The fourth-order valence-electron chi connectivity index (χ4n) is 1.56. The van der Waals surface area contributed by atoms with Gasteiger partial charge in [-0.25, -0.2) is 0 Å². The molecule has 75 valence electrons. The number of hydrogen-bond donors (Lipinski definition) is 2. The van der Waals surface area contributed by atoms with Crippen LogP contribution in [0.3, 0.4) is 0 Å². The fourth-order valence-corrected chi connectivity index (χ4v) is 1.56. The van der Waals surface area contributed by atoms with E-state index in [1.807, 2.05) is 13.0 Å². The second-order valence-corrected chi connectivity index (χ2v) is 3.46. The van der Waals surface area contributed by atoms with Crippen molar-refractivity contribution in [2.45, 2.75) is 6.92 Å². The molecule has 0 unspecified atom stereocenters. The Hall–Kier alpha value is -1.96. The molecule has 0 fully saturated rings. The molecular formula is C13H11O2. The molecule has 0 atom stereocenters. The first-order chi connectivity index (χ1) is 7.16. The summed E-state index contributed by atoms with van der Waals surface area (Å²) < 4.78 is 0. The number of phenolic OH excluding ortho intramolecular Hbond substituents is 2. The van der Waals surface area contributed by atoms with Crippen molar-refractivity contribution in [3.8, 4) is 22.6 Å². The summed E-state index contributed by atoms with van der Waals surface area (Å²) in [5.41, 5.74) is 2.74. The predicted octanol–water partition coefficient (Wildman–Crippen LogP) is 2.87. The number of hydrogen-bond acceptors (Lipinski definition) is 2. The average molecular weight is 199 g/mol. The summed E-state index contributed by atoms with van der Waals surface area (Å²) in [6, 6.07) is 13.1. The molecule has 0 aliphatic carbocycles. The zero-order chi connectivity index (χ0) is 10.8. The van der Waals surface area contributed by atoms with Gasteiger partial charge in [-0.2, -0.15) is 0 Å². The zero-order valence-electron chi connectivity index (χ0n) is 8.36. The first kappa shape index (κ1) is 9.59. The van der Waals surface area contributed by atoms with Gasteiger partial charge in [-0.1, -0.05) is 12.1 Å². The third kappa shape index (κ3) is 1.94.